The normalized spacial score (nSPS) is 12.2. The smallest absolute Gasteiger partial charge is 0.131 e. The Morgan fingerprint density at radius 3 is 2.65 bits per heavy atom. The zero-order chi connectivity index (χ0) is 14.7. The highest BCUT2D eigenvalue weighted by atomic mass is 35.5. The molecule has 1 atom stereocenters. The Morgan fingerprint density at radius 1 is 1.20 bits per heavy atom. The van der Waals surface area contributed by atoms with Crippen molar-refractivity contribution in [3.63, 3.8) is 0 Å². The van der Waals surface area contributed by atoms with E-state index in [1.807, 2.05) is 19.1 Å². The monoisotopic (exact) mass is 297 g/mol. The van der Waals surface area contributed by atoms with Crippen molar-refractivity contribution in [1.29, 1.82) is 0 Å². The Bertz CT molecular complexity index is 619. The van der Waals surface area contributed by atoms with Crippen molar-refractivity contribution in [3.05, 3.63) is 64.2 Å². The molecule has 2 aromatic rings. The van der Waals surface area contributed by atoms with Gasteiger partial charge in [0, 0.05) is 18.2 Å². The van der Waals surface area contributed by atoms with E-state index < -0.39 is 17.7 Å². The molecule has 2 rings (SSSR count). The Morgan fingerprint density at radius 2 is 1.95 bits per heavy atom. The van der Waals surface area contributed by atoms with Crippen LogP contribution in [0, 0.1) is 18.6 Å². The van der Waals surface area contributed by atoms with E-state index in [1.54, 1.807) is 6.07 Å². The summed E-state index contributed by atoms with van der Waals surface area (Å²) < 4.78 is 26.3. The molecule has 1 unspecified atom stereocenters. The lowest BCUT2D eigenvalue weighted by molar-refractivity contribution is 0.186. The number of nitrogens with one attached hydrogen (secondary N) is 1. The van der Waals surface area contributed by atoms with Gasteiger partial charge in [-0.15, -0.1) is 0 Å². The average molecular weight is 298 g/mol. The van der Waals surface area contributed by atoms with E-state index in [2.05, 4.69) is 5.32 Å². The summed E-state index contributed by atoms with van der Waals surface area (Å²) >= 11 is 6.01. The molecule has 0 saturated carbocycles. The summed E-state index contributed by atoms with van der Waals surface area (Å²) in [5.74, 6) is -1.44. The number of benzene rings is 2. The molecule has 0 aromatic heterocycles. The largest absolute Gasteiger partial charge is 0.386 e. The highest BCUT2D eigenvalue weighted by Gasteiger charge is 2.13. The summed E-state index contributed by atoms with van der Waals surface area (Å²) in [5.41, 5.74) is 1.72. The van der Waals surface area contributed by atoms with Crippen LogP contribution in [0.25, 0.3) is 0 Å². The molecule has 2 aromatic carbocycles. The van der Waals surface area contributed by atoms with Crippen molar-refractivity contribution in [2.24, 2.45) is 0 Å². The minimum absolute atomic E-state index is 0.0441. The van der Waals surface area contributed by atoms with Gasteiger partial charge in [0.1, 0.15) is 11.6 Å². The summed E-state index contributed by atoms with van der Waals surface area (Å²) in [7, 11) is 0. The van der Waals surface area contributed by atoms with Crippen LogP contribution >= 0.6 is 11.6 Å². The lowest BCUT2D eigenvalue weighted by atomic mass is 10.1. The van der Waals surface area contributed by atoms with Crippen LogP contribution in [0.1, 0.15) is 17.2 Å². The summed E-state index contributed by atoms with van der Waals surface area (Å²) in [5, 5.41) is 13.4. The van der Waals surface area contributed by atoms with Gasteiger partial charge in [-0.1, -0.05) is 23.7 Å². The SMILES string of the molecule is Cc1ccc(Cl)c(NCC(O)c2ccc(F)cc2F)c1. The van der Waals surface area contributed by atoms with Gasteiger partial charge in [0.2, 0.25) is 0 Å². The molecule has 0 spiro atoms. The summed E-state index contributed by atoms with van der Waals surface area (Å²) in [6, 6.07) is 8.53. The molecular formula is C15H14ClF2NO. The van der Waals surface area contributed by atoms with Gasteiger partial charge in [0.15, 0.2) is 0 Å². The summed E-state index contributed by atoms with van der Waals surface area (Å²) in [6.07, 6.45) is -1.09. The van der Waals surface area contributed by atoms with Crippen molar-refractivity contribution in [2.45, 2.75) is 13.0 Å². The maximum atomic E-state index is 13.5. The van der Waals surface area contributed by atoms with Crippen LogP contribution < -0.4 is 5.32 Å². The van der Waals surface area contributed by atoms with Gasteiger partial charge >= 0.3 is 0 Å². The lowest BCUT2D eigenvalue weighted by Gasteiger charge is -2.15. The van der Waals surface area contributed by atoms with Gasteiger partial charge in [-0.3, -0.25) is 0 Å². The maximum Gasteiger partial charge on any atom is 0.131 e. The van der Waals surface area contributed by atoms with Gasteiger partial charge in [-0.2, -0.15) is 0 Å². The lowest BCUT2D eigenvalue weighted by Crippen LogP contribution is -2.14. The first kappa shape index (κ1) is 14.8. The molecule has 5 heteroatoms. The van der Waals surface area contributed by atoms with Crippen LogP contribution in [0.4, 0.5) is 14.5 Å². The standard InChI is InChI=1S/C15H14ClF2NO/c1-9-2-5-12(16)14(6-9)19-8-15(20)11-4-3-10(17)7-13(11)18/h2-7,15,19-20H,8H2,1H3. The number of aryl methyl sites for hydroxylation is 1. The van der Waals surface area contributed by atoms with Gasteiger partial charge < -0.3 is 10.4 Å². The Hall–Kier alpha value is -1.65. The second kappa shape index (κ2) is 6.20. The second-order valence-electron chi connectivity index (χ2n) is 4.55. The third-order valence-corrected chi connectivity index (χ3v) is 3.26. The molecule has 2 nitrogen and oxygen atoms in total. The van der Waals surface area contributed by atoms with Crippen LogP contribution in [0.2, 0.25) is 5.02 Å². The van der Waals surface area contributed by atoms with Gasteiger partial charge in [0.05, 0.1) is 16.8 Å². The van der Waals surface area contributed by atoms with E-state index in [9.17, 15) is 13.9 Å². The molecular weight excluding hydrogens is 284 g/mol. The highest BCUT2D eigenvalue weighted by Crippen LogP contribution is 2.24. The number of hydrogen-bond acceptors (Lipinski definition) is 2. The van der Waals surface area contributed by atoms with Crippen molar-refractivity contribution in [1.82, 2.24) is 0 Å². The first-order chi connectivity index (χ1) is 9.47. The van der Waals surface area contributed by atoms with E-state index in [-0.39, 0.29) is 12.1 Å². The number of rotatable bonds is 4. The molecule has 0 heterocycles. The average Bonchev–Trinajstić information content (AvgIpc) is 2.39. The van der Waals surface area contributed by atoms with Gasteiger partial charge in [0.25, 0.3) is 0 Å². The number of halogens is 3. The third kappa shape index (κ3) is 3.46. The number of aliphatic hydroxyl groups is 1. The molecule has 0 radical (unpaired) electrons. The molecule has 0 saturated heterocycles. The van der Waals surface area contributed by atoms with Crippen LogP contribution in [-0.2, 0) is 0 Å². The maximum absolute atomic E-state index is 13.5. The van der Waals surface area contributed by atoms with E-state index >= 15 is 0 Å². The minimum atomic E-state index is -1.09. The number of hydrogen-bond donors (Lipinski definition) is 2. The third-order valence-electron chi connectivity index (χ3n) is 2.93. The van der Waals surface area contributed by atoms with Crippen molar-refractivity contribution in [2.75, 3.05) is 11.9 Å². The predicted octanol–water partition coefficient (Wildman–Crippen LogP) is 4.07. The first-order valence-electron chi connectivity index (χ1n) is 6.10. The van der Waals surface area contributed by atoms with E-state index in [4.69, 9.17) is 11.6 Å². The first-order valence-corrected chi connectivity index (χ1v) is 6.48. The van der Waals surface area contributed by atoms with Gasteiger partial charge in [-0.05, 0) is 30.7 Å². The highest BCUT2D eigenvalue weighted by molar-refractivity contribution is 6.33. The van der Waals surface area contributed by atoms with Crippen molar-refractivity contribution >= 4 is 17.3 Å². The quantitative estimate of drug-likeness (QED) is 0.891. The number of aliphatic hydroxyl groups excluding tert-OH is 1. The fourth-order valence-electron chi connectivity index (χ4n) is 1.86. The van der Waals surface area contributed by atoms with E-state index in [0.29, 0.717) is 10.7 Å². The predicted molar refractivity (Wildman–Crippen MR) is 76.0 cm³/mol. The molecule has 0 amide bonds. The van der Waals surface area contributed by atoms with Crippen LogP contribution in [0.5, 0.6) is 0 Å². The Labute approximate surface area is 121 Å². The van der Waals surface area contributed by atoms with Crippen LogP contribution in [0.3, 0.4) is 0 Å². The topological polar surface area (TPSA) is 32.3 Å². The summed E-state index contributed by atoms with van der Waals surface area (Å²) in [4.78, 5) is 0. The fraction of sp³-hybridized carbons (Fsp3) is 0.200. The van der Waals surface area contributed by atoms with E-state index in [0.717, 1.165) is 17.7 Å². The molecule has 0 aliphatic carbocycles. The minimum Gasteiger partial charge on any atom is -0.386 e. The molecule has 0 bridgehead atoms. The molecule has 0 fully saturated rings. The van der Waals surface area contributed by atoms with Crippen LogP contribution in [0.15, 0.2) is 36.4 Å². The zero-order valence-corrected chi connectivity index (χ0v) is 11.6. The van der Waals surface area contributed by atoms with Crippen molar-refractivity contribution in [3.8, 4) is 0 Å². The second-order valence-corrected chi connectivity index (χ2v) is 4.95. The number of anilines is 1. The molecule has 20 heavy (non-hydrogen) atoms. The van der Waals surface area contributed by atoms with Crippen LogP contribution in [-0.4, -0.2) is 11.7 Å². The van der Waals surface area contributed by atoms with Gasteiger partial charge in [-0.25, -0.2) is 8.78 Å². The molecule has 106 valence electrons. The Balaban J connectivity index is 2.08. The summed E-state index contributed by atoms with van der Waals surface area (Å²) in [6.45, 7) is 1.99. The zero-order valence-electron chi connectivity index (χ0n) is 10.8. The molecule has 0 aliphatic heterocycles. The molecule has 0 aliphatic rings. The Kier molecular flexibility index (Phi) is 4.57. The molecule has 2 N–H and O–H groups in total. The van der Waals surface area contributed by atoms with Crippen molar-refractivity contribution < 1.29 is 13.9 Å². The fourth-order valence-corrected chi connectivity index (χ4v) is 2.05. The van der Waals surface area contributed by atoms with E-state index in [1.165, 1.54) is 6.07 Å².